The van der Waals surface area contributed by atoms with E-state index >= 15 is 0 Å². The Kier molecular flexibility index (Phi) is 3.31. The lowest BCUT2D eigenvalue weighted by Gasteiger charge is -2.21. The van der Waals surface area contributed by atoms with Gasteiger partial charge in [-0.3, -0.25) is 0 Å². The van der Waals surface area contributed by atoms with E-state index in [-0.39, 0.29) is 0 Å². The molecule has 1 nitrogen and oxygen atoms in total. The summed E-state index contributed by atoms with van der Waals surface area (Å²) in [5.74, 6) is 0. The summed E-state index contributed by atoms with van der Waals surface area (Å²) in [5.41, 5.74) is 8.08. The van der Waals surface area contributed by atoms with Gasteiger partial charge in [-0.1, -0.05) is 6.07 Å². The zero-order valence-corrected chi connectivity index (χ0v) is 11.9. The van der Waals surface area contributed by atoms with Gasteiger partial charge in [-0.2, -0.15) is 0 Å². The first-order chi connectivity index (χ1) is 7.99. The maximum Gasteiger partial charge on any atom is 0.000800 e. The van der Waals surface area contributed by atoms with Gasteiger partial charge in [0, 0.05) is 6.54 Å². The van der Waals surface area contributed by atoms with Crippen molar-refractivity contribution in [2.45, 2.75) is 47.0 Å². The summed E-state index contributed by atoms with van der Waals surface area (Å²) in [5, 5.41) is 3.36. The number of nitrogens with one attached hydrogen (secondary N) is 1. The number of rotatable bonds is 4. The SMILES string of the molecule is CNCC1(Cc2c(C)c(C)cc(C)c2C)CC1. The molecule has 1 N–H and O–H groups in total. The zero-order valence-electron chi connectivity index (χ0n) is 11.9. The van der Waals surface area contributed by atoms with Crippen LogP contribution in [0.2, 0.25) is 0 Å². The molecular formula is C16H25N. The van der Waals surface area contributed by atoms with Crippen molar-refractivity contribution in [3.63, 3.8) is 0 Å². The first kappa shape index (κ1) is 12.6. The van der Waals surface area contributed by atoms with Crippen molar-refractivity contribution in [3.8, 4) is 0 Å². The predicted octanol–water partition coefficient (Wildman–Crippen LogP) is 3.46. The lowest BCUT2D eigenvalue weighted by Crippen LogP contribution is -2.23. The maximum absolute atomic E-state index is 3.36. The van der Waals surface area contributed by atoms with Crippen molar-refractivity contribution in [2.75, 3.05) is 13.6 Å². The average molecular weight is 231 g/mol. The predicted molar refractivity (Wildman–Crippen MR) is 74.7 cm³/mol. The van der Waals surface area contributed by atoms with E-state index in [4.69, 9.17) is 0 Å². The van der Waals surface area contributed by atoms with Crippen LogP contribution in [-0.4, -0.2) is 13.6 Å². The Morgan fingerprint density at radius 1 is 1.06 bits per heavy atom. The normalized spacial score (nSPS) is 17.2. The molecule has 1 fully saturated rings. The molecule has 0 atom stereocenters. The summed E-state index contributed by atoms with van der Waals surface area (Å²) in [6, 6.07) is 2.33. The molecule has 0 spiro atoms. The highest BCUT2D eigenvalue weighted by molar-refractivity contribution is 5.44. The van der Waals surface area contributed by atoms with Crippen LogP contribution in [0.5, 0.6) is 0 Å². The second kappa shape index (κ2) is 4.45. The Morgan fingerprint density at radius 3 is 2.00 bits per heavy atom. The molecule has 94 valence electrons. The minimum Gasteiger partial charge on any atom is -0.319 e. The molecule has 1 heteroatoms. The standard InChI is InChI=1S/C16H25N/c1-11-8-12(2)14(4)15(13(11)3)9-16(6-7-16)10-17-5/h8,17H,6-7,9-10H2,1-5H3. The highest BCUT2D eigenvalue weighted by Gasteiger charge is 2.42. The van der Waals surface area contributed by atoms with E-state index in [1.54, 1.807) is 5.56 Å². The molecule has 0 amide bonds. The topological polar surface area (TPSA) is 12.0 Å². The van der Waals surface area contributed by atoms with Gasteiger partial charge in [-0.05, 0) is 87.2 Å². The van der Waals surface area contributed by atoms with Crippen LogP contribution in [0.15, 0.2) is 6.07 Å². The summed E-state index contributed by atoms with van der Waals surface area (Å²) >= 11 is 0. The molecule has 17 heavy (non-hydrogen) atoms. The Morgan fingerprint density at radius 2 is 1.59 bits per heavy atom. The van der Waals surface area contributed by atoms with Gasteiger partial charge >= 0.3 is 0 Å². The molecule has 2 rings (SSSR count). The third-order valence-electron chi connectivity index (χ3n) is 4.58. The lowest BCUT2D eigenvalue weighted by molar-refractivity contribution is 0.476. The highest BCUT2D eigenvalue weighted by Crippen LogP contribution is 2.48. The third kappa shape index (κ3) is 2.40. The molecule has 0 saturated heterocycles. The third-order valence-corrected chi connectivity index (χ3v) is 4.58. The van der Waals surface area contributed by atoms with Gasteiger partial charge in [-0.15, -0.1) is 0 Å². The maximum atomic E-state index is 3.36. The van der Waals surface area contributed by atoms with Gasteiger partial charge < -0.3 is 5.32 Å². The van der Waals surface area contributed by atoms with Crippen LogP contribution in [0.3, 0.4) is 0 Å². The van der Waals surface area contributed by atoms with Crippen LogP contribution in [0.25, 0.3) is 0 Å². The molecule has 0 unspecified atom stereocenters. The van der Waals surface area contributed by atoms with Crippen molar-refractivity contribution in [3.05, 3.63) is 33.9 Å². The number of hydrogen-bond donors (Lipinski definition) is 1. The minimum atomic E-state index is 0.560. The fraction of sp³-hybridized carbons (Fsp3) is 0.625. The highest BCUT2D eigenvalue weighted by atomic mass is 14.8. The Bertz CT molecular complexity index is 401. The second-order valence-corrected chi connectivity index (χ2v) is 5.95. The molecule has 1 aliphatic rings. The monoisotopic (exact) mass is 231 g/mol. The minimum absolute atomic E-state index is 0.560. The Hall–Kier alpha value is -0.820. The lowest BCUT2D eigenvalue weighted by atomic mass is 9.86. The fourth-order valence-corrected chi connectivity index (χ4v) is 2.91. The van der Waals surface area contributed by atoms with Crippen LogP contribution < -0.4 is 5.32 Å². The summed E-state index contributed by atoms with van der Waals surface area (Å²) in [4.78, 5) is 0. The Balaban J connectivity index is 2.32. The van der Waals surface area contributed by atoms with Gasteiger partial charge in [0.1, 0.15) is 0 Å². The van der Waals surface area contributed by atoms with Gasteiger partial charge in [0.25, 0.3) is 0 Å². The van der Waals surface area contributed by atoms with Crippen molar-refractivity contribution in [1.29, 1.82) is 0 Å². The fourth-order valence-electron chi connectivity index (χ4n) is 2.91. The molecule has 0 aromatic heterocycles. The average Bonchev–Trinajstić information content (AvgIpc) is 3.03. The van der Waals surface area contributed by atoms with Crippen molar-refractivity contribution < 1.29 is 0 Å². The molecule has 1 aromatic rings. The summed E-state index contributed by atoms with van der Waals surface area (Å²) in [6.07, 6.45) is 4.04. The zero-order chi connectivity index (χ0) is 12.6. The molecular weight excluding hydrogens is 206 g/mol. The molecule has 0 aliphatic heterocycles. The smallest absolute Gasteiger partial charge is 0.000800 e. The second-order valence-electron chi connectivity index (χ2n) is 5.95. The molecule has 0 radical (unpaired) electrons. The number of aryl methyl sites for hydroxylation is 2. The van der Waals surface area contributed by atoms with Crippen LogP contribution >= 0.6 is 0 Å². The number of benzene rings is 1. The van der Waals surface area contributed by atoms with Crippen LogP contribution in [0, 0.1) is 33.1 Å². The van der Waals surface area contributed by atoms with E-state index in [9.17, 15) is 0 Å². The van der Waals surface area contributed by atoms with Crippen LogP contribution in [0.4, 0.5) is 0 Å². The summed E-state index contributed by atoms with van der Waals surface area (Å²) in [7, 11) is 2.07. The van der Waals surface area contributed by atoms with Crippen LogP contribution in [0.1, 0.15) is 40.7 Å². The van der Waals surface area contributed by atoms with E-state index in [0.717, 1.165) is 0 Å². The van der Waals surface area contributed by atoms with Crippen LogP contribution in [-0.2, 0) is 6.42 Å². The first-order valence-corrected chi connectivity index (χ1v) is 6.70. The van der Waals surface area contributed by atoms with Gasteiger partial charge in [0.05, 0.1) is 0 Å². The van der Waals surface area contributed by atoms with Crippen molar-refractivity contribution >= 4 is 0 Å². The van der Waals surface area contributed by atoms with Gasteiger partial charge in [0.15, 0.2) is 0 Å². The molecule has 1 saturated carbocycles. The Labute approximate surface area is 106 Å². The quantitative estimate of drug-likeness (QED) is 0.836. The van der Waals surface area contributed by atoms with E-state index in [1.165, 1.54) is 48.1 Å². The molecule has 1 aromatic carbocycles. The van der Waals surface area contributed by atoms with Crippen molar-refractivity contribution in [1.82, 2.24) is 5.32 Å². The van der Waals surface area contributed by atoms with Gasteiger partial charge in [-0.25, -0.2) is 0 Å². The van der Waals surface area contributed by atoms with Crippen molar-refractivity contribution in [2.24, 2.45) is 5.41 Å². The first-order valence-electron chi connectivity index (χ1n) is 6.70. The van der Waals surface area contributed by atoms with E-state index in [2.05, 4.69) is 46.1 Å². The molecule has 1 aliphatic carbocycles. The largest absolute Gasteiger partial charge is 0.319 e. The van der Waals surface area contributed by atoms with Gasteiger partial charge in [0.2, 0.25) is 0 Å². The molecule has 0 bridgehead atoms. The van der Waals surface area contributed by atoms with E-state index in [0.29, 0.717) is 5.41 Å². The molecule has 0 heterocycles. The van der Waals surface area contributed by atoms with E-state index < -0.39 is 0 Å². The summed E-state index contributed by atoms with van der Waals surface area (Å²) in [6.45, 7) is 10.2. The summed E-state index contributed by atoms with van der Waals surface area (Å²) < 4.78 is 0. The number of hydrogen-bond acceptors (Lipinski definition) is 1. The van der Waals surface area contributed by atoms with E-state index in [1.807, 2.05) is 0 Å².